The highest BCUT2D eigenvalue weighted by molar-refractivity contribution is 7.90. The smallest absolute Gasteiger partial charge is 0.214 e. The van der Waals surface area contributed by atoms with Gasteiger partial charge in [0, 0.05) is 37.4 Å². The van der Waals surface area contributed by atoms with E-state index < -0.39 is 10.0 Å². The van der Waals surface area contributed by atoms with E-state index in [9.17, 15) is 8.42 Å². The van der Waals surface area contributed by atoms with Crippen molar-refractivity contribution in [3.05, 3.63) is 34.5 Å². The molecule has 0 bridgehead atoms. The molecule has 0 radical (unpaired) electrons. The third kappa shape index (κ3) is 3.53. The van der Waals surface area contributed by atoms with E-state index in [2.05, 4.69) is 19.7 Å². The molecule has 1 aliphatic carbocycles. The highest BCUT2D eigenvalue weighted by Gasteiger charge is 2.35. The zero-order chi connectivity index (χ0) is 16.6. The lowest BCUT2D eigenvalue weighted by Gasteiger charge is -2.33. The molecule has 2 aromatic rings. The number of rotatable bonds is 7. The van der Waals surface area contributed by atoms with Crippen LogP contribution in [0.15, 0.2) is 23.8 Å². The van der Waals surface area contributed by atoms with Crippen molar-refractivity contribution in [1.29, 1.82) is 0 Å². The summed E-state index contributed by atoms with van der Waals surface area (Å²) in [5, 5.41) is 7.37. The number of hydrogen-bond acceptors (Lipinski definition) is 6. The molecule has 4 rings (SSSR count). The third-order valence-corrected chi connectivity index (χ3v) is 7.26. The third-order valence-electron chi connectivity index (χ3n) is 4.54. The van der Waals surface area contributed by atoms with Gasteiger partial charge < -0.3 is 0 Å². The second-order valence-corrected chi connectivity index (χ2v) is 9.47. The molecular formula is C15H21N5O2S2. The Morgan fingerprint density at radius 3 is 2.96 bits per heavy atom. The number of sulfonamides is 1. The topological polar surface area (TPSA) is 80.1 Å². The van der Waals surface area contributed by atoms with Gasteiger partial charge in [-0.15, -0.1) is 11.3 Å². The number of nitrogens with zero attached hydrogens (tertiary/aromatic N) is 4. The first-order valence-electron chi connectivity index (χ1n) is 8.23. The molecule has 0 spiro atoms. The standard InChI is InChI=1S/C15H21N5O2S2/c21-24(22,14-1-2-14)18-6-4-13-10-19(11-15-16-7-8-23-15)9-12-3-5-17-20(12)13/h3,5,7-8,13-14,18H,1-2,4,6,9-11H2/t13-/m1/s1. The predicted molar refractivity (Wildman–Crippen MR) is 92.1 cm³/mol. The van der Waals surface area contributed by atoms with E-state index in [1.165, 1.54) is 5.69 Å². The Labute approximate surface area is 145 Å². The number of fused-ring (bicyclic) bond motifs is 1. The molecule has 24 heavy (non-hydrogen) atoms. The van der Waals surface area contributed by atoms with Crippen LogP contribution in [0.2, 0.25) is 0 Å². The minimum atomic E-state index is -3.11. The Morgan fingerprint density at radius 1 is 1.33 bits per heavy atom. The van der Waals surface area contributed by atoms with E-state index in [4.69, 9.17) is 0 Å². The zero-order valence-corrected chi connectivity index (χ0v) is 15.0. The largest absolute Gasteiger partial charge is 0.289 e. The maximum Gasteiger partial charge on any atom is 0.214 e. The van der Waals surface area contributed by atoms with Crippen molar-refractivity contribution in [2.75, 3.05) is 13.1 Å². The summed E-state index contributed by atoms with van der Waals surface area (Å²) in [4.78, 5) is 6.72. The van der Waals surface area contributed by atoms with Gasteiger partial charge in [-0.1, -0.05) is 0 Å². The van der Waals surface area contributed by atoms with Gasteiger partial charge in [-0.3, -0.25) is 9.58 Å². The average molecular weight is 368 g/mol. The van der Waals surface area contributed by atoms with Crippen molar-refractivity contribution in [2.45, 2.75) is 43.6 Å². The first-order chi connectivity index (χ1) is 11.6. The maximum atomic E-state index is 12.0. The van der Waals surface area contributed by atoms with Gasteiger partial charge >= 0.3 is 0 Å². The normalized spacial score (nSPS) is 21.8. The number of thiazole rings is 1. The number of aromatic nitrogens is 3. The van der Waals surface area contributed by atoms with Crippen LogP contribution in [0.3, 0.4) is 0 Å². The van der Waals surface area contributed by atoms with Gasteiger partial charge in [-0.2, -0.15) is 5.10 Å². The molecule has 1 saturated carbocycles. The van der Waals surface area contributed by atoms with Gasteiger partial charge in [0.15, 0.2) is 0 Å². The molecule has 0 aromatic carbocycles. The van der Waals surface area contributed by atoms with E-state index in [0.717, 1.165) is 43.9 Å². The fraction of sp³-hybridized carbons (Fsp3) is 0.600. The SMILES string of the molecule is O=S(=O)(NCC[C@@H]1CN(Cc2nccs2)Cc2ccnn21)C1CC1. The Balaban J connectivity index is 1.39. The Hall–Kier alpha value is -1.29. The molecule has 9 heteroatoms. The molecule has 1 fully saturated rings. The monoisotopic (exact) mass is 367 g/mol. The number of nitrogens with one attached hydrogen (secondary N) is 1. The van der Waals surface area contributed by atoms with Crippen LogP contribution in [-0.2, 0) is 23.1 Å². The molecule has 2 aliphatic rings. The van der Waals surface area contributed by atoms with Gasteiger partial charge in [0.25, 0.3) is 0 Å². The molecule has 3 heterocycles. The van der Waals surface area contributed by atoms with Crippen LogP contribution >= 0.6 is 11.3 Å². The Morgan fingerprint density at radius 2 is 2.21 bits per heavy atom. The van der Waals surface area contributed by atoms with E-state index in [0.29, 0.717) is 6.54 Å². The molecule has 0 unspecified atom stereocenters. The summed E-state index contributed by atoms with van der Waals surface area (Å²) in [6.45, 7) is 3.00. The summed E-state index contributed by atoms with van der Waals surface area (Å²) < 4.78 is 28.7. The summed E-state index contributed by atoms with van der Waals surface area (Å²) in [7, 11) is -3.11. The average Bonchev–Trinajstić information content (AvgIpc) is 3.11. The second kappa shape index (κ2) is 6.55. The molecule has 2 aromatic heterocycles. The summed E-state index contributed by atoms with van der Waals surface area (Å²) in [5.41, 5.74) is 1.17. The summed E-state index contributed by atoms with van der Waals surface area (Å²) in [6.07, 6.45) is 5.99. The lowest BCUT2D eigenvalue weighted by molar-refractivity contribution is 0.162. The lowest BCUT2D eigenvalue weighted by Crippen LogP contribution is -2.39. The molecule has 1 aliphatic heterocycles. The molecular weight excluding hydrogens is 346 g/mol. The van der Waals surface area contributed by atoms with Gasteiger partial charge in [0.05, 0.1) is 23.5 Å². The van der Waals surface area contributed by atoms with Crippen LogP contribution in [0.25, 0.3) is 0 Å². The van der Waals surface area contributed by atoms with Crippen molar-refractivity contribution in [3.8, 4) is 0 Å². The predicted octanol–water partition coefficient (Wildman–Crippen LogP) is 1.37. The first-order valence-corrected chi connectivity index (χ1v) is 10.7. The fourth-order valence-electron chi connectivity index (χ4n) is 3.19. The molecule has 0 saturated heterocycles. The van der Waals surface area contributed by atoms with Crippen molar-refractivity contribution in [1.82, 2.24) is 24.4 Å². The van der Waals surface area contributed by atoms with Crippen molar-refractivity contribution in [2.24, 2.45) is 0 Å². The second-order valence-electron chi connectivity index (χ2n) is 6.44. The first kappa shape index (κ1) is 16.2. The molecule has 0 amide bonds. The Kier molecular flexibility index (Phi) is 4.42. The highest BCUT2D eigenvalue weighted by Crippen LogP contribution is 2.28. The highest BCUT2D eigenvalue weighted by atomic mass is 32.2. The van der Waals surface area contributed by atoms with Gasteiger partial charge in [-0.25, -0.2) is 18.1 Å². The van der Waals surface area contributed by atoms with Crippen LogP contribution in [0.1, 0.15) is 36.0 Å². The maximum absolute atomic E-state index is 12.0. The molecule has 1 N–H and O–H groups in total. The van der Waals surface area contributed by atoms with E-state index in [-0.39, 0.29) is 11.3 Å². The minimum absolute atomic E-state index is 0.162. The van der Waals surface area contributed by atoms with Crippen molar-refractivity contribution < 1.29 is 8.42 Å². The number of hydrogen-bond donors (Lipinski definition) is 1. The minimum Gasteiger partial charge on any atom is -0.289 e. The summed E-state index contributed by atoms with van der Waals surface area (Å²) in [6, 6.07) is 2.22. The van der Waals surface area contributed by atoms with Crippen LogP contribution in [0.4, 0.5) is 0 Å². The van der Waals surface area contributed by atoms with E-state index in [1.807, 2.05) is 28.5 Å². The van der Waals surface area contributed by atoms with Crippen molar-refractivity contribution in [3.63, 3.8) is 0 Å². The van der Waals surface area contributed by atoms with Crippen LogP contribution in [0.5, 0.6) is 0 Å². The van der Waals surface area contributed by atoms with Gasteiger partial charge in [0.2, 0.25) is 10.0 Å². The summed E-state index contributed by atoms with van der Waals surface area (Å²) in [5.74, 6) is 0. The van der Waals surface area contributed by atoms with Crippen molar-refractivity contribution >= 4 is 21.4 Å². The molecule has 130 valence electrons. The van der Waals surface area contributed by atoms with Gasteiger partial charge in [-0.05, 0) is 25.3 Å². The lowest BCUT2D eigenvalue weighted by atomic mass is 10.1. The summed E-state index contributed by atoms with van der Waals surface area (Å²) >= 11 is 1.67. The van der Waals surface area contributed by atoms with Crippen LogP contribution < -0.4 is 4.72 Å². The zero-order valence-electron chi connectivity index (χ0n) is 13.3. The Bertz CT molecular complexity index is 783. The molecule has 7 nitrogen and oxygen atoms in total. The van der Waals surface area contributed by atoms with Crippen LogP contribution in [-0.4, -0.2) is 46.4 Å². The fourth-order valence-corrected chi connectivity index (χ4v) is 5.24. The quantitative estimate of drug-likeness (QED) is 0.799. The van der Waals surface area contributed by atoms with E-state index >= 15 is 0 Å². The van der Waals surface area contributed by atoms with E-state index in [1.54, 1.807) is 11.3 Å². The van der Waals surface area contributed by atoms with Gasteiger partial charge in [0.1, 0.15) is 5.01 Å². The molecule has 1 atom stereocenters. The van der Waals surface area contributed by atoms with Crippen LogP contribution in [0, 0.1) is 0 Å².